The normalized spacial score (nSPS) is 23.1. The molecule has 0 aromatic heterocycles. The molecule has 0 radical (unpaired) electrons. The van der Waals surface area contributed by atoms with E-state index in [0.29, 0.717) is 19.7 Å². The summed E-state index contributed by atoms with van der Waals surface area (Å²) in [6, 6.07) is 10.3. The first-order chi connectivity index (χ1) is 10.2. The van der Waals surface area contributed by atoms with Crippen LogP contribution in [-0.2, 0) is 16.1 Å². The van der Waals surface area contributed by atoms with Crippen molar-refractivity contribution in [3.05, 3.63) is 35.9 Å². The van der Waals surface area contributed by atoms with Crippen molar-refractivity contribution in [1.29, 1.82) is 0 Å². The number of nitrogens with zero attached hydrogens (tertiary/aromatic N) is 1. The first-order valence-electron chi connectivity index (χ1n) is 7.46. The molecule has 0 spiro atoms. The summed E-state index contributed by atoms with van der Waals surface area (Å²) in [4.78, 5) is 14.3. The number of rotatable bonds is 7. The SMILES string of the molecule is COCCNC1(C(N)=O)CCCN(Cc2ccccc2)C1. The molecule has 1 unspecified atom stereocenters. The summed E-state index contributed by atoms with van der Waals surface area (Å²) in [6.45, 7) is 3.71. The zero-order valence-corrected chi connectivity index (χ0v) is 12.7. The number of likely N-dealkylation sites (tertiary alicyclic amines) is 1. The van der Waals surface area contributed by atoms with Gasteiger partial charge in [-0.15, -0.1) is 0 Å². The van der Waals surface area contributed by atoms with Crippen LogP contribution in [-0.4, -0.2) is 49.7 Å². The van der Waals surface area contributed by atoms with E-state index >= 15 is 0 Å². The number of hydrogen-bond donors (Lipinski definition) is 2. The molecule has 1 aliphatic rings. The summed E-state index contributed by atoms with van der Waals surface area (Å²) in [5.41, 5.74) is 6.30. The van der Waals surface area contributed by atoms with Crippen LogP contribution in [0.2, 0.25) is 0 Å². The average Bonchev–Trinajstić information content (AvgIpc) is 2.49. The number of piperidine rings is 1. The second kappa shape index (κ2) is 7.54. The fourth-order valence-electron chi connectivity index (χ4n) is 2.95. The number of carbonyl (C=O) groups is 1. The van der Waals surface area contributed by atoms with Crippen LogP contribution in [0.3, 0.4) is 0 Å². The summed E-state index contributed by atoms with van der Waals surface area (Å²) < 4.78 is 5.05. The lowest BCUT2D eigenvalue weighted by Crippen LogP contribution is -2.64. The highest BCUT2D eigenvalue weighted by Gasteiger charge is 2.40. The fraction of sp³-hybridized carbons (Fsp3) is 0.562. The molecule has 0 bridgehead atoms. The third kappa shape index (κ3) is 4.27. The smallest absolute Gasteiger partial charge is 0.239 e. The van der Waals surface area contributed by atoms with E-state index in [0.717, 1.165) is 25.9 Å². The van der Waals surface area contributed by atoms with E-state index in [9.17, 15) is 4.79 Å². The van der Waals surface area contributed by atoms with Crippen molar-refractivity contribution in [2.75, 3.05) is 33.4 Å². The number of nitrogens with two attached hydrogens (primary N) is 1. The van der Waals surface area contributed by atoms with Crippen LogP contribution in [0.5, 0.6) is 0 Å². The Morgan fingerprint density at radius 2 is 2.19 bits per heavy atom. The van der Waals surface area contributed by atoms with E-state index in [1.807, 2.05) is 18.2 Å². The summed E-state index contributed by atoms with van der Waals surface area (Å²) in [5.74, 6) is -0.267. The minimum absolute atomic E-state index is 0.267. The topological polar surface area (TPSA) is 67.6 Å². The van der Waals surface area contributed by atoms with Gasteiger partial charge in [0.15, 0.2) is 0 Å². The number of amides is 1. The van der Waals surface area contributed by atoms with Crippen molar-refractivity contribution in [2.45, 2.75) is 24.9 Å². The van der Waals surface area contributed by atoms with E-state index < -0.39 is 5.54 Å². The van der Waals surface area contributed by atoms with Crippen LogP contribution in [0.25, 0.3) is 0 Å². The van der Waals surface area contributed by atoms with Gasteiger partial charge >= 0.3 is 0 Å². The third-order valence-electron chi connectivity index (χ3n) is 4.06. The van der Waals surface area contributed by atoms with Gasteiger partial charge in [-0.05, 0) is 24.9 Å². The Kier molecular flexibility index (Phi) is 5.73. The van der Waals surface area contributed by atoms with Crippen LogP contribution < -0.4 is 11.1 Å². The maximum Gasteiger partial charge on any atom is 0.239 e. The number of benzene rings is 1. The van der Waals surface area contributed by atoms with Crippen LogP contribution in [0.1, 0.15) is 18.4 Å². The van der Waals surface area contributed by atoms with Gasteiger partial charge in [-0.2, -0.15) is 0 Å². The van der Waals surface area contributed by atoms with Gasteiger partial charge in [0.25, 0.3) is 0 Å². The Morgan fingerprint density at radius 1 is 1.43 bits per heavy atom. The molecule has 1 saturated heterocycles. The van der Waals surface area contributed by atoms with Crippen LogP contribution in [0, 0.1) is 0 Å². The molecule has 1 aromatic carbocycles. The lowest BCUT2D eigenvalue weighted by molar-refractivity contribution is -0.127. The lowest BCUT2D eigenvalue weighted by Gasteiger charge is -2.41. The van der Waals surface area contributed by atoms with Crippen molar-refractivity contribution >= 4 is 5.91 Å². The maximum atomic E-state index is 12.0. The zero-order chi connectivity index (χ0) is 15.1. The Hall–Kier alpha value is -1.43. The first kappa shape index (κ1) is 15.9. The second-order valence-corrected chi connectivity index (χ2v) is 5.67. The maximum absolute atomic E-state index is 12.0. The van der Waals surface area contributed by atoms with Gasteiger partial charge < -0.3 is 10.5 Å². The lowest BCUT2D eigenvalue weighted by atomic mass is 9.88. The molecular weight excluding hydrogens is 266 g/mol. The summed E-state index contributed by atoms with van der Waals surface area (Å²) >= 11 is 0. The van der Waals surface area contributed by atoms with Gasteiger partial charge in [-0.25, -0.2) is 0 Å². The van der Waals surface area contributed by atoms with Crippen molar-refractivity contribution in [3.63, 3.8) is 0 Å². The second-order valence-electron chi connectivity index (χ2n) is 5.67. The molecule has 1 amide bonds. The van der Waals surface area contributed by atoms with Crippen molar-refractivity contribution in [1.82, 2.24) is 10.2 Å². The zero-order valence-electron chi connectivity index (χ0n) is 12.7. The van der Waals surface area contributed by atoms with Crippen LogP contribution in [0.4, 0.5) is 0 Å². The van der Waals surface area contributed by atoms with Crippen LogP contribution in [0.15, 0.2) is 30.3 Å². The van der Waals surface area contributed by atoms with E-state index in [-0.39, 0.29) is 5.91 Å². The molecule has 1 atom stereocenters. The highest BCUT2D eigenvalue weighted by atomic mass is 16.5. The Labute approximate surface area is 126 Å². The number of ether oxygens (including phenoxy) is 1. The fourth-order valence-corrected chi connectivity index (χ4v) is 2.95. The molecule has 21 heavy (non-hydrogen) atoms. The van der Waals surface area contributed by atoms with Gasteiger partial charge in [-0.1, -0.05) is 30.3 Å². The molecule has 2 rings (SSSR count). The van der Waals surface area contributed by atoms with Gasteiger partial charge in [0, 0.05) is 26.7 Å². The highest BCUT2D eigenvalue weighted by Crippen LogP contribution is 2.22. The predicted molar refractivity (Wildman–Crippen MR) is 82.8 cm³/mol. The summed E-state index contributed by atoms with van der Waals surface area (Å²) in [7, 11) is 1.65. The van der Waals surface area contributed by atoms with Crippen molar-refractivity contribution in [2.24, 2.45) is 5.73 Å². The number of carbonyl (C=O) groups excluding carboxylic acids is 1. The predicted octanol–water partition coefficient (Wildman–Crippen LogP) is 0.743. The molecule has 1 aromatic rings. The molecule has 1 fully saturated rings. The Balaban J connectivity index is 2.00. The highest BCUT2D eigenvalue weighted by molar-refractivity contribution is 5.85. The minimum Gasteiger partial charge on any atom is -0.383 e. The summed E-state index contributed by atoms with van der Waals surface area (Å²) in [6.07, 6.45) is 1.76. The number of methoxy groups -OCH3 is 1. The van der Waals surface area contributed by atoms with Gasteiger partial charge in [-0.3, -0.25) is 15.0 Å². The van der Waals surface area contributed by atoms with Crippen molar-refractivity contribution in [3.8, 4) is 0 Å². The van der Waals surface area contributed by atoms with E-state index in [1.165, 1.54) is 5.56 Å². The number of hydrogen-bond acceptors (Lipinski definition) is 4. The quantitative estimate of drug-likeness (QED) is 0.727. The van der Waals surface area contributed by atoms with Crippen molar-refractivity contribution < 1.29 is 9.53 Å². The third-order valence-corrected chi connectivity index (χ3v) is 4.06. The minimum atomic E-state index is -0.633. The Bertz CT molecular complexity index is 452. The molecule has 5 heteroatoms. The van der Waals surface area contributed by atoms with E-state index in [1.54, 1.807) is 7.11 Å². The molecule has 116 valence electrons. The molecular formula is C16H25N3O2. The standard InChI is InChI=1S/C16H25N3O2/c1-21-11-9-18-16(15(17)20)8-5-10-19(13-16)12-14-6-3-2-4-7-14/h2-4,6-7,18H,5,8-13H2,1H3,(H2,17,20). The van der Waals surface area contributed by atoms with Crippen LogP contribution >= 0.6 is 0 Å². The molecule has 0 aliphatic carbocycles. The monoisotopic (exact) mass is 291 g/mol. The largest absolute Gasteiger partial charge is 0.383 e. The average molecular weight is 291 g/mol. The van der Waals surface area contributed by atoms with E-state index in [2.05, 4.69) is 22.3 Å². The molecule has 1 heterocycles. The van der Waals surface area contributed by atoms with Gasteiger partial charge in [0.2, 0.25) is 5.91 Å². The van der Waals surface area contributed by atoms with Gasteiger partial charge in [0.1, 0.15) is 5.54 Å². The Morgan fingerprint density at radius 3 is 2.86 bits per heavy atom. The first-order valence-corrected chi connectivity index (χ1v) is 7.46. The number of primary amides is 1. The summed E-state index contributed by atoms with van der Waals surface area (Å²) in [5, 5.41) is 3.31. The molecule has 1 aliphatic heterocycles. The molecule has 3 N–H and O–H groups in total. The molecule has 5 nitrogen and oxygen atoms in total. The molecule has 0 saturated carbocycles. The van der Waals surface area contributed by atoms with E-state index in [4.69, 9.17) is 10.5 Å². The number of nitrogens with one attached hydrogen (secondary N) is 1. The van der Waals surface area contributed by atoms with Gasteiger partial charge in [0.05, 0.1) is 6.61 Å².